The lowest BCUT2D eigenvalue weighted by Crippen LogP contribution is -2.38. The molecule has 21 heavy (non-hydrogen) atoms. The highest BCUT2D eigenvalue weighted by molar-refractivity contribution is 5.93. The first kappa shape index (κ1) is 13.8. The summed E-state index contributed by atoms with van der Waals surface area (Å²) in [4.78, 5) is 14.3. The minimum absolute atomic E-state index is 0.0445. The van der Waals surface area contributed by atoms with Crippen LogP contribution in [0.15, 0.2) is 42.7 Å². The average molecular weight is 284 g/mol. The summed E-state index contributed by atoms with van der Waals surface area (Å²) < 4.78 is 1.81. The zero-order valence-corrected chi connectivity index (χ0v) is 12.2. The van der Waals surface area contributed by atoms with E-state index in [1.807, 2.05) is 41.0 Å². The van der Waals surface area contributed by atoms with E-state index in [2.05, 4.69) is 22.5 Å². The topological polar surface area (TPSA) is 50.2 Å². The largest absolute Gasteiger partial charge is 0.337 e. The van der Waals surface area contributed by atoms with Crippen molar-refractivity contribution in [2.24, 2.45) is 0 Å². The molecule has 1 amide bonds. The zero-order valence-electron chi connectivity index (χ0n) is 12.2. The van der Waals surface area contributed by atoms with E-state index in [-0.39, 0.29) is 11.9 Å². The van der Waals surface area contributed by atoms with Gasteiger partial charge in [-0.2, -0.15) is 5.10 Å². The Labute approximate surface area is 124 Å². The highest BCUT2D eigenvalue weighted by atomic mass is 16.2. The smallest absolute Gasteiger partial charge is 0.257 e. The van der Waals surface area contributed by atoms with E-state index in [1.165, 1.54) is 5.56 Å². The summed E-state index contributed by atoms with van der Waals surface area (Å²) >= 11 is 0. The van der Waals surface area contributed by atoms with Crippen molar-refractivity contribution in [2.75, 3.05) is 20.1 Å². The lowest BCUT2D eigenvalue weighted by molar-refractivity contribution is 0.0743. The minimum Gasteiger partial charge on any atom is -0.337 e. The molecule has 5 nitrogen and oxygen atoms in total. The van der Waals surface area contributed by atoms with E-state index in [0.717, 1.165) is 19.5 Å². The summed E-state index contributed by atoms with van der Waals surface area (Å²) in [5, 5.41) is 7.58. The molecule has 0 saturated carbocycles. The van der Waals surface area contributed by atoms with Gasteiger partial charge in [-0.1, -0.05) is 30.3 Å². The first-order chi connectivity index (χ1) is 10.2. The van der Waals surface area contributed by atoms with Gasteiger partial charge in [0.1, 0.15) is 0 Å². The van der Waals surface area contributed by atoms with Crippen molar-refractivity contribution < 1.29 is 4.79 Å². The number of hydrogen-bond donors (Lipinski definition) is 1. The molecule has 1 aromatic carbocycles. The minimum atomic E-state index is 0.0445. The maximum atomic E-state index is 12.4. The standard InChI is InChI=1S/C16H20N4O/c1-19(15-7-8-17-10-15)16(21)14-9-18-20(12-14)11-13-5-3-2-4-6-13/h2-6,9,12,15,17H,7-8,10-11H2,1H3. The third kappa shape index (κ3) is 3.13. The molecule has 1 fully saturated rings. The highest BCUT2D eigenvalue weighted by Gasteiger charge is 2.24. The van der Waals surface area contributed by atoms with E-state index in [1.54, 1.807) is 6.20 Å². The molecule has 1 aromatic heterocycles. The zero-order chi connectivity index (χ0) is 14.7. The summed E-state index contributed by atoms with van der Waals surface area (Å²) in [5.41, 5.74) is 1.83. The Morgan fingerprint density at radius 3 is 2.95 bits per heavy atom. The molecule has 0 aliphatic carbocycles. The second kappa shape index (κ2) is 6.10. The van der Waals surface area contributed by atoms with E-state index in [4.69, 9.17) is 0 Å². The Balaban J connectivity index is 1.68. The van der Waals surface area contributed by atoms with Crippen LogP contribution in [-0.2, 0) is 6.54 Å². The molecule has 1 N–H and O–H groups in total. The van der Waals surface area contributed by atoms with Gasteiger partial charge in [-0.25, -0.2) is 0 Å². The molecule has 5 heteroatoms. The average Bonchev–Trinajstić information content (AvgIpc) is 3.18. The molecular weight excluding hydrogens is 264 g/mol. The lowest BCUT2D eigenvalue weighted by atomic mass is 10.2. The van der Waals surface area contributed by atoms with Gasteiger partial charge >= 0.3 is 0 Å². The van der Waals surface area contributed by atoms with Gasteiger partial charge in [0.2, 0.25) is 0 Å². The van der Waals surface area contributed by atoms with Crippen LogP contribution in [0.4, 0.5) is 0 Å². The number of nitrogens with zero attached hydrogens (tertiary/aromatic N) is 3. The number of amides is 1. The molecule has 0 radical (unpaired) electrons. The van der Waals surface area contributed by atoms with Gasteiger partial charge in [0.15, 0.2) is 0 Å². The monoisotopic (exact) mass is 284 g/mol. The Kier molecular flexibility index (Phi) is 4.01. The van der Waals surface area contributed by atoms with Crippen LogP contribution >= 0.6 is 0 Å². The second-order valence-corrected chi connectivity index (χ2v) is 5.47. The van der Waals surface area contributed by atoms with Crippen LogP contribution in [0.2, 0.25) is 0 Å². The molecule has 110 valence electrons. The fraction of sp³-hybridized carbons (Fsp3) is 0.375. The first-order valence-corrected chi connectivity index (χ1v) is 7.28. The first-order valence-electron chi connectivity index (χ1n) is 7.28. The van der Waals surface area contributed by atoms with Gasteiger partial charge in [0, 0.05) is 25.8 Å². The third-order valence-corrected chi connectivity index (χ3v) is 3.97. The van der Waals surface area contributed by atoms with Crippen molar-refractivity contribution in [2.45, 2.75) is 19.0 Å². The molecule has 1 atom stereocenters. The maximum absolute atomic E-state index is 12.4. The summed E-state index contributed by atoms with van der Waals surface area (Å²) in [6, 6.07) is 10.4. The van der Waals surface area contributed by atoms with Crippen molar-refractivity contribution in [1.82, 2.24) is 20.0 Å². The van der Waals surface area contributed by atoms with Crippen molar-refractivity contribution in [3.63, 3.8) is 0 Å². The normalized spacial score (nSPS) is 17.9. The predicted molar refractivity (Wildman–Crippen MR) is 81.1 cm³/mol. The highest BCUT2D eigenvalue weighted by Crippen LogP contribution is 2.11. The Hall–Kier alpha value is -2.14. The molecule has 0 bridgehead atoms. The number of carbonyl (C=O) groups excluding carboxylic acids is 1. The number of carbonyl (C=O) groups is 1. The summed E-state index contributed by atoms with van der Waals surface area (Å²) in [7, 11) is 1.87. The van der Waals surface area contributed by atoms with Crippen LogP contribution in [0.5, 0.6) is 0 Å². The number of benzene rings is 1. The quantitative estimate of drug-likeness (QED) is 0.922. The van der Waals surface area contributed by atoms with Crippen molar-refractivity contribution in [3.05, 3.63) is 53.9 Å². The van der Waals surface area contributed by atoms with E-state index < -0.39 is 0 Å². The van der Waals surface area contributed by atoms with Crippen LogP contribution in [0.1, 0.15) is 22.3 Å². The summed E-state index contributed by atoms with van der Waals surface area (Å²) in [6.07, 6.45) is 4.50. The van der Waals surface area contributed by atoms with Gasteiger partial charge in [0.05, 0.1) is 18.3 Å². The number of likely N-dealkylation sites (N-methyl/N-ethyl adjacent to an activating group) is 1. The van der Waals surface area contributed by atoms with Crippen LogP contribution in [0, 0.1) is 0 Å². The van der Waals surface area contributed by atoms with E-state index in [9.17, 15) is 4.79 Å². The van der Waals surface area contributed by atoms with Crippen LogP contribution in [0.25, 0.3) is 0 Å². The van der Waals surface area contributed by atoms with Gasteiger partial charge in [-0.3, -0.25) is 9.48 Å². The molecule has 0 spiro atoms. The molecule has 2 aromatic rings. The van der Waals surface area contributed by atoms with Gasteiger partial charge in [-0.15, -0.1) is 0 Å². The fourth-order valence-corrected chi connectivity index (χ4v) is 2.67. The summed E-state index contributed by atoms with van der Waals surface area (Å²) in [6.45, 7) is 2.54. The molecule has 1 aliphatic heterocycles. The third-order valence-electron chi connectivity index (χ3n) is 3.97. The van der Waals surface area contributed by atoms with E-state index in [0.29, 0.717) is 12.1 Å². The van der Waals surface area contributed by atoms with Gasteiger partial charge in [-0.05, 0) is 18.5 Å². The van der Waals surface area contributed by atoms with Gasteiger partial charge < -0.3 is 10.2 Å². The van der Waals surface area contributed by atoms with Crippen LogP contribution < -0.4 is 5.32 Å². The predicted octanol–water partition coefficient (Wildman–Crippen LogP) is 1.37. The van der Waals surface area contributed by atoms with Crippen molar-refractivity contribution in [1.29, 1.82) is 0 Å². The number of rotatable bonds is 4. The van der Waals surface area contributed by atoms with Crippen LogP contribution in [0.3, 0.4) is 0 Å². The number of hydrogen-bond acceptors (Lipinski definition) is 3. The van der Waals surface area contributed by atoms with Crippen molar-refractivity contribution >= 4 is 5.91 Å². The Morgan fingerprint density at radius 2 is 2.24 bits per heavy atom. The van der Waals surface area contributed by atoms with Crippen LogP contribution in [-0.4, -0.2) is 46.8 Å². The Morgan fingerprint density at radius 1 is 1.43 bits per heavy atom. The summed E-state index contributed by atoms with van der Waals surface area (Å²) in [5.74, 6) is 0.0445. The number of nitrogens with one attached hydrogen (secondary N) is 1. The molecule has 2 heterocycles. The molecule has 1 saturated heterocycles. The molecule has 3 rings (SSSR count). The molecular formula is C16H20N4O. The lowest BCUT2D eigenvalue weighted by Gasteiger charge is -2.22. The van der Waals surface area contributed by atoms with Crippen molar-refractivity contribution in [3.8, 4) is 0 Å². The number of aromatic nitrogens is 2. The second-order valence-electron chi connectivity index (χ2n) is 5.47. The Bertz CT molecular complexity index is 602. The molecule has 1 aliphatic rings. The molecule has 1 unspecified atom stereocenters. The maximum Gasteiger partial charge on any atom is 0.257 e. The van der Waals surface area contributed by atoms with Gasteiger partial charge in [0.25, 0.3) is 5.91 Å². The fourth-order valence-electron chi connectivity index (χ4n) is 2.67. The van der Waals surface area contributed by atoms with E-state index >= 15 is 0 Å². The SMILES string of the molecule is CN(C(=O)c1cnn(Cc2ccccc2)c1)C1CCNC1.